The molecule has 2 saturated carbocycles. The van der Waals surface area contributed by atoms with Gasteiger partial charge in [-0.05, 0) is 69.1 Å². The summed E-state index contributed by atoms with van der Waals surface area (Å²) < 4.78 is 0. The molecule has 20 heavy (non-hydrogen) atoms. The highest BCUT2D eigenvalue weighted by molar-refractivity contribution is 5.99. The first-order chi connectivity index (χ1) is 9.54. The number of rotatable bonds is 4. The minimum absolute atomic E-state index is 0.0233. The summed E-state index contributed by atoms with van der Waals surface area (Å²) in [5, 5.41) is 3.58. The lowest BCUT2D eigenvalue weighted by Crippen LogP contribution is -2.29. The number of fused-ring (bicyclic) bond motifs is 2. The number of nitrogens with two attached hydrogens (primary N) is 1. The zero-order valence-electron chi connectivity index (χ0n) is 12.4. The van der Waals surface area contributed by atoms with Crippen LogP contribution in [-0.4, -0.2) is 11.8 Å². The van der Waals surface area contributed by atoms with Crippen LogP contribution in [0, 0.1) is 17.8 Å². The first-order valence-electron chi connectivity index (χ1n) is 7.71. The first kappa shape index (κ1) is 13.5. The number of hydrogen-bond donors (Lipinski definition) is 2. The summed E-state index contributed by atoms with van der Waals surface area (Å²) in [5.74, 6) is 2.70. The van der Waals surface area contributed by atoms with Crippen LogP contribution in [0.25, 0.3) is 0 Å². The molecule has 2 aliphatic rings. The summed E-state index contributed by atoms with van der Waals surface area (Å²) in [6, 6.07) is 6.16. The van der Waals surface area contributed by atoms with E-state index in [2.05, 4.69) is 12.2 Å². The van der Waals surface area contributed by atoms with E-state index in [1.54, 1.807) is 6.92 Å². The maximum atomic E-state index is 11.4. The van der Waals surface area contributed by atoms with E-state index in [1.807, 2.05) is 18.2 Å². The minimum atomic E-state index is 0.0233. The van der Waals surface area contributed by atoms with Crippen molar-refractivity contribution in [1.82, 2.24) is 0 Å². The summed E-state index contributed by atoms with van der Waals surface area (Å²) in [7, 11) is 0. The van der Waals surface area contributed by atoms with Crippen molar-refractivity contribution in [3.8, 4) is 0 Å². The van der Waals surface area contributed by atoms with E-state index in [9.17, 15) is 4.79 Å². The van der Waals surface area contributed by atoms with Gasteiger partial charge < -0.3 is 11.1 Å². The Labute approximate surface area is 120 Å². The van der Waals surface area contributed by atoms with Crippen LogP contribution < -0.4 is 11.1 Å². The molecule has 3 heteroatoms. The van der Waals surface area contributed by atoms with Crippen LogP contribution in [0.5, 0.6) is 0 Å². The van der Waals surface area contributed by atoms with Crippen LogP contribution in [0.1, 0.15) is 49.9 Å². The molecule has 0 aliphatic heterocycles. The molecular formula is C17H24N2O. The molecule has 0 aromatic heterocycles. The SMILES string of the molecule is CC(=O)c1ccc(NC(C)C2CC3CCC2C3)cc1N. The molecule has 3 N–H and O–H groups in total. The number of hydrogen-bond acceptors (Lipinski definition) is 3. The topological polar surface area (TPSA) is 55.1 Å². The molecule has 0 saturated heterocycles. The van der Waals surface area contributed by atoms with Crippen LogP contribution in [0.2, 0.25) is 0 Å². The summed E-state index contributed by atoms with van der Waals surface area (Å²) in [6.07, 6.45) is 5.66. The molecule has 0 amide bonds. The highest BCUT2D eigenvalue weighted by Crippen LogP contribution is 2.49. The van der Waals surface area contributed by atoms with E-state index in [0.29, 0.717) is 17.3 Å². The van der Waals surface area contributed by atoms with E-state index in [1.165, 1.54) is 25.7 Å². The lowest BCUT2D eigenvalue weighted by atomic mass is 9.84. The van der Waals surface area contributed by atoms with Crippen molar-refractivity contribution in [3.63, 3.8) is 0 Å². The molecule has 3 rings (SSSR count). The van der Waals surface area contributed by atoms with Crippen molar-refractivity contribution in [2.45, 2.75) is 45.6 Å². The van der Waals surface area contributed by atoms with Crippen molar-refractivity contribution >= 4 is 17.2 Å². The minimum Gasteiger partial charge on any atom is -0.398 e. The third kappa shape index (κ3) is 2.41. The van der Waals surface area contributed by atoms with Gasteiger partial charge in [-0.25, -0.2) is 0 Å². The molecule has 0 radical (unpaired) electrons. The third-order valence-corrected chi connectivity index (χ3v) is 5.26. The van der Waals surface area contributed by atoms with Crippen LogP contribution in [0.15, 0.2) is 18.2 Å². The highest BCUT2D eigenvalue weighted by Gasteiger charge is 2.41. The summed E-state index contributed by atoms with van der Waals surface area (Å²) >= 11 is 0. The molecule has 1 aromatic rings. The molecule has 0 spiro atoms. The number of nitrogens with one attached hydrogen (secondary N) is 1. The number of anilines is 2. The second-order valence-electron chi connectivity index (χ2n) is 6.63. The van der Waals surface area contributed by atoms with E-state index < -0.39 is 0 Å². The Kier molecular flexibility index (Phi) is 3.45. The van der Waals surface area contributed by atoms with E-state index in [4.69, 9.17) is 5.73 Å². The maximum absolute atomic E-state index is 11.4. The van der Waals surface area contributed by atoms with Gasteiger partial charge in [0.05, 0.1) is 0 Å². The van der Waals surface area contributed by atoms with Crippen LogP contribution in [-0.2, 0) is 0 Å². The van der Waals surface area contributed by atoms with Crippen molar-refractivity contribution in [2.24, 2.45) is 17.8 Å². The number of carbonyl (C=O) groups excluding carboxylic acids is 1. The number of Topliss-reactive ketones (excluding diaryl/α,β-unsaturated/α-hetero) is 1. The maximum Gasteiger partial charge on any atom is 0.161 e. The summed E-state index contributed by atoms with van der Waals surface area (Å²) in [4.78, 5) is 11.4. The third-order valence-electron chi connectivity index (χ3n) is 5.26. The predicted molar refractivity (Wildman–Crippen MR) is 82.9 cm³/mol. The van der Waals surface area contributed by atoms with Gasteiger partial charge in [-0.1, -0.05) is 6.42 Å². The Balaban J connectivity index is 1.68. The highest BCUT2D eigenvalue weighted by atomic mass is 16.1. The van der Waals surface area contributed by atoms with Crippen molar-refractivity contribution in [2.75, 3.05) is 11.1 Å². The second kappa shape index (κ2) is 5.12. The second-order valence-corrected chi connectivity index (χ2v) is 6.63. The van der Waals surface area contributed by atoms with Crippen molar-refractivity contribution in [1.29, 1.82) is 0 Å². The molecule has 3 nitrogen and oxygen atoms in total. The van der Waals surface area contributed by atoms with Gasteiger partial charge in [0.1, 0.15) is 0 Å². The van der Waals surface area contributed by atoms with Crippen LogP contribution in [0.4, 0.5) is 11.4 Å². The molecule has 0 heterocycles. The van der Waals surface area contributed by atoms with E-state index in [0.717, 1.165) is 23.4 Å². The van der Waals surface area contributed by atoms with Gasteiger partial charge in [-0.2, -0.15) is 0 Å². The molecule has 1 aromatic carbocycles. The quantitative estimate of drug-likeness (QED) is 0.649. The number of benzene rings is 1. The number of ketones is 1. The normalized spacial score (nSPS) is 29.4. The van der Waals surface area contributed by atoms with Crippen LogP contribution in [0.3, 0.4) is 0 Å². The molecule has 2 bridgehead atoms. The van der Waals surface area contributed by atoms with Gasteiger partial charge in [-0.3, -0.25) is 4.79 Å². The average Bonchev–Trinajstić information content (AvgIpc) is 3.00. The summed E-state index contributed by atoms with van der Waals surface area (Å²) in [6.45, 7) is 3.83. The lowest BCUT2D eigenvalue weighted by Gasteiger charge is -2.29. The number of nitrogen functional groups attached to an aromatic ring is 1. The van der Waals surface area contributed by atoms with E-state index >= 15 is 0 Å². The monoisotopic (exact) mass is 272 g/mol. The standard InChI is InChI=1S/C17H24N2O/c1-10(16-8-12-3-4-13(16)7-12)19-14-5-6-15(11(2)20)17(18)9-14/h5-6,9-10,12-13,16,19H,3-4,7-8,18H2,1-2H3. The van der Waals surface area contributed by atoms with Crippen molar-refractivity contribution in [3.05, 3.63) is 23.8 Å². The molecule has 108 valence electrons. The van der Waals surface area contributed by atoms with Gasteiger partial charge in [0, 0.05) is 23.0 Å². The average molecular weight is 272 g/mol. The van der Waals surface area contributed by atoms with Crippen LogP contribution >= 0.6 is 0 Å². The van der Waals surface area contributed by atoms with Crippen molar-refractivity contribution < 1.29 is 4.79 Å². The Hall–Kier alpha value is -1.51. The Morgan fingerprint density at radius 1 is 1.35 bits per heavy atom. The van der Waals surface area contributed by atoms with Gasteiger partial charge >= 0.3 is 0 Å². The summed E-state index contributed by atoms with van der Waals surface area (Å²) in [5.41, 5.74) is 8.17. The fourth-order valence-electron chi connectivity index (χ4n) is 4.25. The largest absolute Gasteiger partial charge is 0.398 e. The smallest absolute Gasteiger partial charge is 0.161 e. The molecule has 2 fully saturated rings. The van der Waals surface area contributed by atoms with Gasteiger partial charge in [0.2, 0.25) is 0 Å². The lowest BCUT2D eigenvalue weighted by molar-refractivity contribution is 0.101. The van der Waals surface area contributed by atoms with Gasteiger partial charge in [-0.15, -0.1) is 0 Å². The van der Waals surface area contributed by atoms with E-state index in [-0.39, 0.29) is 5.78 Å². The van der Waals surface area contributed by atoms with Gasteiger partial charge in [0.25, 0.3) is 0 Å². The Bertz CT molecular complexity index is 526. The molecule has 4 atom stereocenters. The van der Waals surface area contributed by atoms with Gasteiger partial charge in [0.15, 0.2) is 5.78 Å². The predicted octanol–water partition coefficient (Wildman–Crippen LogP) is 3.71. The number of carbonyl (C=O) groups is 1. The Morgan fingerprint density at radius 2 is 2.15 bits per heavy atom. The first-order valence-corrected chi connectivity index (χ1v) is 7.71. The fourth-order valence-corrected chi connectivity index (χ4v) is 4.25. The zero-order chi connectivity index (χ0) is 14.3. The zero-order valence-corrected chi connectivity index (χ0v) is 12.4. The Morgan fingerprint density at radius 3 is 2.70 bits per heavy atom. The molecule has 2 aliphatic carbocycles. The fraction of sp³-hybridized carbons (Fsp3) is 0.588. The molecular weight excluding hydrogens is 248 g/mol. The molecule has 4 unspecified atom stereocenters.